The highest BCUT2D eigenvalue weighted by atomic mass is 19.1. The Kier molecular flexibility index (Phi) is 3.13. The van der Waals surface area contributed by atoms with Crippen molar-refractivity contribution in [1.82, 2.24) is 4.57 Å². The summed E-state index contributed by atoms with van der Waals surface area (Å²) in [5.74, 6) is -0.711. The lowest BCUT2D eigenvalue weighted by Gasteiger charge is -2.04. The number of hydrogen-bond acceptors (Lipinski definition) is 1. The molecule has 2 nitrogen and oxygen atoms in total. The third-order valence-corrected chi connectivity index (χ3v) is 3.83. The van der Waals surface area contributed by atoms with Crippen LogP contribution in [0.2, 0.25) is 0 Å². The number of nitrogens with zero attached hydrogens (tertiary/aromatic N) is 1. The second-order valence-electron chi connectivity index (χ2n) is 5.44. The van der Waals surface area contributed by atoms with Crippen LogP contribution in [-0.2, 0) is 7.05 Å². The summed E-state index contributed by atoms with van der Waals surface area (Å²) in [6, 6.07) is 10.8. The van der Waals surface area contributed by atoms with E-state index >= 15 is 0 Å². The van der Waals surface area contributed by atoms with Crippen LogP contribution in [0.25, 0.3) is 10.9 Å². The topological polar surface area (TPSA) is 22.0 Å². The highest BCUT2D eigenvalue weighted by molar-refractivity contribution is 6.16. The quantitative estimate of drug-likeness (QED) is 0.646. The number of hydrogen-bond donors (Lipinski definition) is 0. The van der Waals surface area contributed by atoms with Crippen molar-refractivity contribution in [3.05, 3.63) is 70.7 Å². The van der Waals surface area contributed by atoms with Gasteiger partial charge in [0, 0.05) is 29.7 Å². The van der Waals surface area contributed by atoms with E-state index < -0.39 is 5.82 Å². The van der Waals surface area contributed by atoms with Crippen molar-refractivity contribution >= 4 is 16.7 Å². The maximum Gasteiger partial charge on any atom is 0.198 e. The minimum Gasteiger partial charge on any atom is -0.350 e. The molecule has 2 aromatic carbocycles. The zero-order chi connectivity index (χ0) is 15.1. The van der Waals surface area contributed by atoms with Gasteiger partial charge in [0.05, 0.1) is 5.56 Å². The lowest BCUT2D eigenvalue weighted by Crippen LogP contribution is -2.05. The zero-order valence-electron chi connectivity index (χ0n) is 12.3. The van der Waals surface area contributed by atoms with Gasteiger partial charge in [0.25, 0.3) is 0 Å². The molecule has 1 heterocycles. The van der Waals surface area contributed by atoms with Crippen molar-refractivity contribution in [2.75, 3.05) is 0 Å². The van der Waals surface area contributed by atoms with Gasteiger partial charge in [-0.1, -0.05) is 24.3 Å². The summed E-state index contributed by atoms with van der Waals surface area (Å²) in [5, 5.41) is 0.856. The molecule has 0 fully saturated rings. The maximum atomic E-state index is 14.2. The molecule has 0 spiro atoms. The van der Waals surface area contributed by atoms with Crippen LogP contribution in [0.4, 0.5) is 4.39 Å². The summed E-state index contributed by atoms with van der Waals surface area (Å²) in [4.78, 5) is 12.7. The fourth-order valence-electron chi connectivity index (χ4n) is 2.64. The third kappa shape index (κ3) is 2.15. The monoisotopic (exact) mass is 281 g/mol. The van der Waals surface area contributed by atoms with Gasteiger partial charge in [-0.2, -0.15) is 0 Å². The SMILES string of the molecule is Cc1ccc2c(C(=O)c3cccc(C)c3F)cn(C)c2c1. The third-order valence-electron chi connectivity index (χ3n) is 3.83. The van der Waals surface area contributed by atoms with Gasteiger partial charge in [-0.3, -0.25) is 4.79 Å². The Hall–Kier alpha value is -2.42. The van der Waals surface area contributed by atoms with E-state index in [1.807, 2.05) is 36.7 Å². The average molecular weight is 281 g/mol. The molecule has 0 saturated heterocycles. The van der Waals surface area contributed by atoms with E-state index in [2.05, 4.69) is 0 Å². The van der Waals surface area contributed by atoms with Gasteiger partial charge in [0.1, 0.15) is 5.82 Å². The van der Waals surface area contributed by atoms with Gasteiger partial charge < -0.3 is 4.57 Å². The number of aromatic nitrogens is 1. The molecule has 0 amide bonds. The van der Waals surface area contributed by atoms with Crippen molar-refractivity contribution in [3.8, 4) is 0 Å². The van der Waals surface area contributed by atoms with Crippen LogP contribution in [0, 0.1) is 19.7 Å². The van der Waals surface area contributed by atoms with Gasteiger partial charge in [0.15, 0.2) is 5.78 Å². The van der Waals surface area contributed by atoms with Gasteiger partial charge in [0.2, 0.25) is 0 Å². The standard InChI is InChI=1S/C18H16FNO/c1-11-7-8-13-15(10-20(3)16(13)9-11)18(21)14-6-4-5-12(2)17(14)19/h4-10H,1-3H3. The maximum absolute atomic E-state index is 14.2. The minimum absolute atomic E-state index is 0.128. The first-order chi connectivity index (χ1) is 9.99. The van der Waals surface area contributed by atoms with Gasteiger partial charge in [-0.25, -0.2) is 4.39 Å². The van der Waals surface area contributed by atoms with Crippen molar-refractivity contribution in [3.63, 3.8) is 0 Å². The molecule has 0 unspecified atom stereocenters. The molecule has 3 rings (SSSR count). The summed E-state index contributed by atoms with van der Waals surface area (Å²) in [7, 11) is 1.89. The zero-order valence-corrected chi connectivity index (χ0v) is 12.3. The second-order valence-corrected chi connectivity index (χ2v) is 5.44. The summed E-state index contributed by atoms with van der Waals surface area (Å²) in [6.07, 6.45) is 1.77. The molecule has 3 aromatic rings. The summed E-state index contributed by atoms with van der Waals surface area (Å²) >= 11 is 0. The first-order valence-electron chi connectivity index (χ1n) is 6.84. The van der Waals surface area contributed by atoms with Crippen LogP contribution >= 0.6 is 0 Å². The number of halogens is 1. The number of fused-ring (bicyclic) bond motifs is 1. The fourth-order valence-corrected chi connectivity index (χ4v) is 2.64. The highest BCUT2D eigenvalue weighted by Gasteiger charge is 2.19. The van der Waals surface area contributed by atoms with E-state index in [4.69, 9.17) is 0 Å². The van der Waals surface area contributed by atoms with E-state index in [0.717, 1.165) is 16.5 Å². The number of ketones is 1. The summed E-state index contributed by atoms with van der Waals surface area (Å²) in [5.41, 5.74) is 3.26. The van der Waals surface area contributed by atoms with Crippen LogP contribution in [0.1, 0.15) is 27.0 Å². The Bertz CT molecular complexity index is 861. The Morgan fingerprint density at radius 2 is 1.86 bits per heavy atom. The number of rotatable bonds is 2. The predicted molar refractivity (Wildman–Crippen MR) is 82.2 cm³/mol. The van der Waals surface area contributed by atoms with E-state index in [-0.39, 0.29) is 11.3 Å². The van der Waals surface area contributed by atoms with Crippen molar-refractivity contribution in [2.45, 2.75) is 13.8 Å². The molecule has 0 aliphatic carbocycles. The fraction of sp³-hybridized carbons (Fsp3) is 0.167. The lowest BCUT2D eigenvalue weighted by molar-refractivity contribution is 0.103. The Labute approximate surface area is 122 Å². The lowest BCUT2D eigenvalue weighted by atomic mass is 10.00. The van der Waals surface area contributed by atoms with Crippen LogP contribution in [0.3, 0.4) is 0 Å². The van der Waals surface area contributed by atoms with Crippen molar-refractivity contribution in [2.24, 2.45) is 7.05 Å². The average Bonchev–Trinajstić information content (AvgIpc) is 2.78. The number of carbonyl (C=O) groups is 1. The molecule has 0 radical (unpaired) electrons. The van der Waals surface area contributed by atoms with Gasteiger partial charge in [-0.15, -0.1) is 0 Å². The number of benzene rings is 2. The molecule has 0 aliphatic rings. The summed E-state index contributed by atoms with van der Waals surface area (Å²) < 4.78 is 16.1. The number of aryl methyl sites for hydroxylation is 3. The molecule has 0 saturated carbocycles. The predicted octanol–water partition coefficient (Wildman–Crippen LogP) is 4.17. The molecule has 106 valence electrons. The van der Waals surface area contributed by atoms with E-state index in [0.29, 0.717) is 11.1 Å². The number of carbonyl (C=O) groups excluding carboxylic acids is 1. The van der Waals surface area contributed by atoms with Crippen LogP contribution in [-0.4, -0.2) is 10.4 Å². The van der Waals surface area contributed by atoms with E-state index in [9.17, 15) is 9.18 Å². The molecule has 0 aliphatic heterocycles. The molecule has 0 atom stereocenters. The van der Waals surface area contributed by atoms with Crippen LogP contribution in [0.15, 0.2) is 42.6 Å². The summed E-state index contributed by atoms with van der Waals surface area (Å²) in [6.45, 7) is 3.67. The molecule has 0 bridgehead atoms. The van der Waals surface area contributed by atoms with Gasteiger partial charge >= 0.3 is 0 Å². The first kappa shape index (κ1) is 13.6. The molecular weight excluding hydrogens is 265 g/mol. The molecule has 3 heteroatoms. The Balaban J connectivity index is 2.21. The van der Waals surface area contributed by atoms with Crippen molar-refractivity contribution in [1.29, 1.82) is 0 Å². The molecule has 0 N–H and O–H groups in total. The van der Waals surface area contributed by atoms with E-state index in [1.54, 1.807) is 25.3 Å². The van der Waals surface area contributed by atoms with Crippen LogP contribution < -0.4 is 0 Å². The van der Waals surface area contributed by atoms with Crippen LogP contribution in [0.5, 0.6) is 0 Å². The first-order valence-corrected chi connectivity index (χ1v) is 6.84. The van der Waals surface area contributed by atoms with E-state index in [1.165, 1.54) is 6.07 Å². The van der Waals surface area contributed by atoms with Gasteiger partial charge in [-0.05, 0) is 37.1 Å². The molecular formula is C18H16FNO. The Morgan fingerprint density at radius 1 is 1.10 bits per heavy atom. The molecule has 21 heavy (non-hydrogen) atoms. The second kappa shape index (κ2) is 4.85. The molecule has 1 aromatic heterocycles. The largest absolute Gasteiger partial charge is 0.350 e. The highest BCUT2D eigenvalue weighted by Crippen LogP contribution is 2.25. The smallest absolute Gasteiger partial charge is 0.198 e. The van der Waals surface area contributed by atoms with Crippen molar-refractivity contribution < 1.29 is 9.18 Å². The Morgan fingerprint density at radius 3 is 2.62 bits per heavy atom. The minimum atomic E-state index is -0.438. The normalized spacial score (nSPS) is 11.0.